The van der Waals surface area contributed by atoms with E-state index in [1.165, 1.54) is 5.56 Å². The normalized spacial score (nSPS) is 12.0. The molecule has 6 heteroatoms. The predicted molar refractivity (Wildman–Crippen MR) is 102 cm³/mol. The van der Waals surface area contributed by atoms with Crippen molar-refractivity contribution in [2.45, 2.75) is 17.9 Å². The molecule has 0 aliphatic heterocycles. The number of nitrogens with zero attached hydrogens (tertiary/aromatic N) is 1. The number of nitrogens with one attached hydrogen (secondary N) is 1. The van der Waals surface area contributed by atoms with E-state index < -0.39 is 0 Å². The lowest BCUT2D eigenvalue weighted by Crippen LogP contribution is -2.27. The Labute approximate surface area is 152 Å². The Hall–Kier alpha value is -2.47. The number of hydrogen-bond donors (Lipinski definition) is 1. The Balaban J connectivity index is 1.89. The van der Waals surface area contributed by atoms with Crippen LogP contribution in [0, 0.1) is 0 Å². The maximum absolute atomic E-state index is 12.1. The second-order valence-electron chi connectivity index (χ2n) is 5.28. The molecule has 1 atom stereocenters. The molecule has 0 heterocycles. The highest BCUT2D eigenvalue weighted by Gasteiger charge is 2.12. The Kier molecular flexibility index (Phi) is 7.35. The van der Waals surface area contributed by atoms with E-state index in [-0.39, 0.29) is 11.2 Å². The number of ether oxygens (including phenoxy) is 2. The minimum absolute atomic E-state index is 0.140. The van der Waals surface area contributed by atoms with Crippen LogP contribution in [0.2, 0.25) is 0 Å². The molecular weight excluding hydrogens is 336 g/mol. The maximum atomic E-state index is 12.1. The van der Waals surface area contributed by atoms with Gasteiger partial charge < -0.3 is 9.47 Å². The lowest BCUT2D eigenvalue weighted by Gasteiger charge is -2.10. The van der Waals surface area contributed by atoms with Crippen LogP contribution >= 0.6 is 11.8 Å². The van der Waals surface area contributed by atoms with Gasteiger partial charge in [-0.25, -0.2) is 5.43 Å². The minimum atomic E-state index is -0.204. The summed E-state index contributed by atoms with van der Waals surface area (Å²) in [6, 6.07) is 15.4. The fraction of sp³-hybridized carbons (Fsp3) is 0.263. The smallest absolute Gasteiger partial charge is 0.252 e. The molecule has 0 aromatic heterocycles. The molecule has 2 aromatic rings. The number of carbonyl (C=O) groups is 1. The molecule has 0 spiro atoms. The molecule has 5 nitrogen and oxygen atoms in total. The molecule has 132 valence electrons. The van der Waals surface area contributed by atoms with Gasteiger partial charge in [0.05, 0.1) is 25.7 Å². The molecule has 0 saturated heterocycles. The third-order valence-electron chi connectivity index (χ3n) is 3.53. The minimum Gasteiger partial charge on any atom is -0.497 e. The molecule has 2 rings (SSSR count). The van der Waals surface area contributed by atoms with Gasteiger partial charge in [0.2, 0.25) is 0 Å². The van der Waals surface area contributed by atoms with Crippen molar-refractivity contribution in [3.05, 3.63) is 59.7 Å². The molecule has 0 aliphatic carbocycles. The second kappa shape index (κ2) is 9.74. The van der Waals surface area contributed by atoms with E-state index in [0.29, 0.717) is 11.5 Å². The summed E-state index contributed by atoms with van der Waals surface area (Å²) in [4.78, 5) is 12.1. The van der Waals surface area contributed by atoms with Gasteiger partial charge in [0.15, 0.2) is 0 Å². The molecule has 0 saturated carbocycles. The van der Waals surface area contributed by atoms with Crippen molar-refractivity contribution in [1.82, 2.24) is 5.43 Å². The van der Waals surface area contributed by atoms with Crippen molar-refractivity contribution < 1.29 is 14.3 Å². The maximum Gasteiger partial charge on any atom is 0.252 e. The Bertz CT molecular complexity index is 720. The van der Waals surface area contributed by atoms with Gasteiger partial charge in [-0.05, 0) is 30.7 Å². The van der Waals surface area contributed by atoms with Crippen LogP contribution in [-0.2, 0) is 10.5 Å². The van der Waals surface area contributed by atoms with E-state index in [4.69, 9.17) is 9.47 Å². The summed E-state index contributed by atoms with van der Waals surface area (Å²) >= 11 is 1.57. The zero-order valence-corrected chi connectivity index (χ0v) is 15.4. The first-order chi connectivity index (χ1) is 12.1. The third kappa shape index (κ3) is 5.83. The van der Waals surface area contributed by atoms with Crippen molar-refractivity contribution in [3.8, 4) is 11.5 Å². The van der Waals surface area contributed by atoms with Gasteiger partial charge >= 0.3 is 0 Å². The number of carbonyl (C=O) groups excluding carboxylic acids is 1. The number of benzene rings is 2. The fourth-order valence-corrected chi connectivity index (χ4v) is 2.91. The standard InChI is InChI=1S/C19H22N2O3S/c1-14(25-13-15-7-5-4-6-8-15)19(22)21-20-12-16-11-17(23-2)9-10-18(16)24-3/h4-12,14H,13H2,1-3H3,(H,21,22). The van der Waals surface area contributed by atoms with E-state index in [1.54, 1.807) is 50.4 Å². The van der Waals surface area contributed by atoms with Gasteiger partial charge in [0.1, 0.15) is 11.5 Å². The van der Waals surface area contributed by atoms with E-state index in [2.05, 4.69) is 10.5 Å². The topological polar surface area (TPSA) is 59.9 Å². The molecule has 0 fully saturated rings. The summed E-state index contributed by atoms with van der Waals surface area (Å²) in [6.45, 7) is 1.87. The van der Waals surface area contributed by atoms with Crippen molar-refractivity contribution in [1.29, 1.82) is 0 Å². The SMILES string of the molecule is COc1ccc(OC)c(C=NNC(=O)C(C)SCc2ccccc2)c1. The second-order valence-corrected chi connectivity index (χ2v) is 6.61. The van der Waals surface area contributed by atoms with Gasteiger partial charge in [-0.15, -0.1) is 11.8 Å². The molecule has 0 bridgehead atoms. The third-order valence-corrected chi connectivity index (χ3v) is 4.74. The van der Waals surface area contributed by atoms with Gasteiger partial charge in [-0.1, -0.05) is 30.3 Å². The van der Waals surface area contributed by atoms with Crippen molar-refractivity contribution in [2.75, 3.05) is 14.2 Å². The Morgan fingerprint density at radius 3 is 2.64 bits per heavy atom. The zero-order chi connectivity index (χ0) is 18.1. The van der Waals surface area contributed by atoms with Crippen LogP contribution in [0.15, 0.2) is 53.6 Å². The van der Waals surface area contributed by atoms with Crippen LogP contribution in [0.1, 0.15) is 18.1 Å². The zero-order valence-electron chi connectivity index (χ0n) is 14.6. The lowest BCUT2D eigenvalue weighted by atomic mass is 10.2. The summed E-state index contributed by atoms with van der Waals surface area (Å²) in [5.41, 5.74) is 4.49. The molecule has 1 unspecified atom stereocenters. The molecule has 1 amide bonds. The van der Waals surface area contributed by atoms with E-state index in [9.17, 15) is 4.79 Å². The van der Waals surface area contributed by atoms with Crippen LogP contribution in [0.4, 0.5) is 0 Å². The molecule has 1 N–H and O–H groups in total. The van der Waals surface area contributed by atoms with Crippen LogP contribution in [-0.4, -0.2) is 31.6 Å². The quantitative estimate of drug-likeness (QED) is 0.580. The molecule has 0 aliphatic rings. The van der Waals surface area contributed by atoms with E-state index in [0.717, 1.165) is 11.3 Å². The number of methoxy groups -OCH3 is 2. The van der Waals surface area contributed by atoms with Crippen LogP contribution in [0.5, 0.6) is 11.5 Å². The van der Waals surface area contributed by atoms with Gasteiger partial charge in [0, 0.05) is 11.3 Å². The van der Waals surface area contributed by atoms with Crippen LogP contribution in [0.3, 0.4) is 0 Å². The Morgan fingerprint density at radius 2 is 1.96 bits per heavy atom. The first-order valence-electron chi connectivity index (χ1n) is 7.84. The summed E-state index contributed by atoms with van der Waals surface area (Å²) in [6.07, 6.45) is 1.55. The highest BCUT2D eigenvalue weighted by atomic mass is 32.2. The van der Waals surface area contributed by atoms with Crippen molar-refractivity contribution in [2.24, 2.45) is 5.10 Å². The summed E-state index contributed by atoms with van der Waals surface area (Å²) in [5, 5.41) is 3.82. The summed E-state index contributed by atoms with van der Waals surface area (Å²) < 4.78 is 10.5. The van der Waals surface area contributed by atoms with Crippen LogP contribution < -0.4 is 14.9 Å². The average Bonchev–Trinajstić information content (AvgIpc) is 2.66. The number of rotatable bonds is 8. The first-order valence-corrected chi connectivity index (χ1v) is 8.89. The monoisotopic (exact) mass is 358 g/mol. The molecule has 0 radical (unpaired) electrons. The number of thioether (sulfide) groups is 1. The van der Waals surface area contributed by atoms with Crippen molar-refractivity contribution >= 4 is 23.9 Å². The molecule has 25 heavy (non-hydrogen) atoms. The number of hydrogen-bond acceptors (Lipinski definition) is 5. The van der Waals surface area contributed by atoms with E-state index in [1.807, 2.05) is 37.3 Å². The highest BCUT2D eigenvalue weighted by Crippen LogP contribution is 2.22. The van der Waals surface area contributed by atoms with Crippen LogP contribution in [0.25, 0.3) is 0 Å². The van der Waals surface area contributed by atoms with Gasteiger partial charge in [-0.2, -0.15) is 5.10 Å². The van der Waals surface area contributed by atoms with Crippen molar-refractivity contribution in [3.63, 3.8) is 0 Å². The average molecular weight is 358 g/mol. The fourth-order valence-electron chi connectivity index (χ4n) is 2.07. The van der Waals surface area contributed by atoms with Gasteiger partial charge in [0.25, 0.3) is 5.91 Å². The highest BCUT2D eigenvalue weighted by molar-refractivity contribution is 7.99. The molecular formula is C19H22N2O3S. The number of amides is 1. The summed E-state index contributed by atoms with van der Waals surface area (Å²) in [7, 11) is 3.18. The lowest BCUT2D eigenvalue weighted by molar-refractivity contribution is -0.120. The summed E-state index contributed by atoms with van der Waals surface area (Å²) in [5.74, 6) is 1.99. The first kappa shape index (κ1) is 18.9. The number of hydrazone groups is 1. The largest absolute Gasteiger partial charge is 0.497 e. The van der Waals surface area contributed by atoms with Gasteiger partial charge in [-0.3, -0.25) is 4.79 Å². The van der Waals surface area contributed by atoms with E-state index >= 15 is 0 Å². The molecule has 2 aromatic carbocycles. The predicted octanol–water partition coefficient (Wildman–Crippen LogP) is 3.48. The Morgan fingerprint density at radius 1 is 1.20 bits per heavy atom.